The first-order valence-corrected chi connectivity index (χ1v) is 9.44. The Balaban J connectivity index is 1.66. The van der Waals surface area contributed by atoms with Crippen LogP contribution in [0, 0.1) is 5.92 Å². The fourth-order valence-electron chi connectivity index (χ4n) is 4.27. The molecule has 1 aromatic heterocycles. The van der Waals surface area contributed by atoms with Crippen molar-refractivity contribution in [3.63, 3.8) is 0 Å². The Bertz CT molecular complexity index is 938. The second kappa shape index (κ2) is 6.97. The summed E-state index contributed by atoms with van der Waals surface area (Å²) in [5.74, 6) is 5.18. The highest BCUT2D eigenvalue weighted by Crippen LogP contribution is 2.45. The topological polar surface area (TPSA) is 129 Å². The molecule has 1 aliphatic carbocycles. The Morgan fingerprint density at radius 2 is 1.96 bits per heavy atom. The third-order valence-corrected chi connectivity index (χ3v) is 6.13. The monoisotopic (exact) mass is 403 g/mol. The average Bonchev–Trinajstić information content (AvgIpc) is 3.24. The van der Waals surface area contributed by atoms with Crippen LogP contribution in [-0.2, 0) is 12.0 Å². The molecule has 2 heterocycles. The van der Waals surface area contributed by atoms with Crippen molar-refractivity contribution in [2.24, 2.45) is 21.9 Å². The summed E-state index contributed by atoms with van der Waals surface area (Å²) in [5.41, 5.74) is 0.806. The van der Waals surface area contributed by atoms with E-state index in [9.17, 15) is 15.3 Å². The summed E-state index contributed by atoms with van der Waals surface area (Å²) in [5, 5.41) is 41.3. The van der Waals surface area contributed by atoms with Gasteiger partial charge in [-0.15, -0.1) is 0 Å². The molecule has 0 spiro atoms. The molecular formula is C19H22ClN5O3. The van der Waals surface area contributed by atoms with E-state index in [1.165, 1.54) is 0 Å². The van der Waals surface area contributed by atoms with Gasteiger partial charge >= 0.3 is 0 Å². The SMILES string of the molecule is C[C@@](O)(c1ccc(Cl)cc1)[C@H]1C[C@@H](n2ncc3c2CC=N/C3=N/N)[C@H](O)[C@@H]1O. The lowest BCUT2D eigenvalue weighted by atomic mass is 9.80. The standard InChI is InChI=1S/C19H22ClN5O3/c1-19(28,10-2-4-11(20)5-3-10)13-8-15(17(27)16(13)26)25-14-6-7-22-18(24-21)12(14)9-23-25/h2-5,7,9,13,15-17,26-28H,6,8,21H2,1H3/b24-18+/t13-,15+,16+,17-,19+/m0/s1. The van der Waals surface area contributed by atoms with E-state index in [4.69, 9.17) is 17.4 Å². The van der Waals surface area contributed by atoms with Crippen LogP contribution in [0.3, 0.4) is 0 Å². The number of halogens is 1. The number of amidine groups is 1. The highest BCUT2D eigenvalue weighted by molar-refractivity contribution is 6.30. The molecule has 1 aliphatic heterocycles. The molecule has 0 radical (unpaired) electrons. The van der Waals surface area contributed by atoms with Crippen LogP contribution in [0.2, 0.25) is 5.02 Å². The predicted octanol–water partition coefficient (Wildman–Crippen LogP) is 0.974. The summed E-state index contributed by atoms with van der Waals surface area (Å²) in [6.07, 6.45) is 1.97. The molecule has 2 aliphatic rings. The lowest BCUT2D eigenvalue weighted by molar-refractivity contribution is -0.0753. The first-order valence-electron chi connectivity index (χ1n) is 9.06. The lowest BCUT2D eigenvalue weighted by Crippen LogP contribution is -2.40. The smallest absolute Gasteiger partial charge is 0.181 e. The van der Waals surface area contributed by atoms with Gasteiger partial charge < -0.3 is 21.2 Å². The highest BCUT2D eigenvalue weighted by atomic mass is 35.5. The first kappa shape index (κ1) is 19.1. The summed E-state index contributed by atoms with van der Waals surface area (Å²) in [6.45, 7) is 1.64. The molecule has 148 valence electrons. The van der Waals surface area contributed by atoms with Crippen molar-refractivity contribution in [2.75, 3.05) is 0 Å². The minimum Gasteiger partial charge on any atom is -0.390 e. The first-order chi connectivity index (χ1) is 13.3. The molecule has 5 N–H and O–H groups in total. The van der Waals surface area contributed by atoms with E-state index >= 15 is 0 Å². The second-order valence-corrected chi connectivity index (χ2v) is 7.90. The maximum absolute atomic E-state index is 11.2. The molecule has 0 bridgehead atoms. The van der Waals surface area contributed by atoms with Gasteiger partial charge in [-0.25, -0.2) is 4.99 Å². The molecular weight excluding hydrogens is 382 g/mol. The molecule has 5 atom stereocenters. The minimum atomic E-state index is -1.35. The van der Waals surface area contributed by atoms with Gasteiger partial charge in [0, 0.05) is 23.6 Å². The number of hydrogen-bond donors (Lipinski definition) is 4. The lowest BCUT2D eigenvalue weighted by Gasteiger charge is -2.33. The molecule has 1 aromatic carbocycles. The van der Waals surface area contributed by atoms with E-state index in [0.29, 0.717) is 34.8 Å². The molecule has 2 aromatic rings. The molecule has 4 rings (SSSR count). The number of benzene rings is 1. The summed E-state index contributed by atoms with van der Waals surface area (Å²) in [4.78, 5) is 4.15. The summed E-state index contributed by atoms with van der Waals surface area (Å²) < 4.78 is 1.69. The van der Waals surface area contributed by atoms with Crippen LogP contribution in [0.5, 0.6) is 0 Å². The Morgan fingerprint density at radius 1 is 1.25 bits per heavy atom. The molecule has 9 heteroatoms. The maximum atomic E-state index is 11.2. The van der Waals surface area contributed by atoms with Gasteiger partial charge in [-0.1, -0.05) is 23.7 Å². The quantitative estimate of drug-likeness (QED) is 0.448. The summed E-state index contributed by atoms with van der Waals surface area (Å²) in [6, 6.07) is 6.35. The van der Waals surface area contributed by atoms with Gasteiger partial charge in [0.1, 0.15) is 6.10 Å². The molecule has 8 nitrogen and oxygen atoms in total. The van der Waals surface area contributed by atoms with Crippen LogP contribution in [-0.4, -0.2) is 49.4 Å². The van der Waals surface area contributed by atoms with Gasteiger partial charge in [-0.3, -0.25) is 4.68 Å². The molecule has 0 unspecified atom stereocenters. The Hall–Kier alpha value is -2.26. The third-order valence-electron chi connectivity index (χ3n) is 5.88. The molecule has 0 saturated heterocycles. The Kier molecular flexibility index (Phi) is 4.75. The van der Waals surface area contributed by atoms with Crippen molar-refractivity contribution in [1.29, 1.82) is 0 Å². The van der Waals surface area contributed by atoms with E-state index in [0.717, 1.165) is 5.69 Å². The number of aromatic nitrogens is 2. The van der Waals surface area contributed by atoms with Crippen LogP contribution < -0.4 is 5.84 Å². The van der Waals surface area contributed by atoms with Gasteiger partial charge in [-0.05, 0) is 31.0 Å². The third kappa shape index (κ3) is 2.93. The van der Waals surface area contributed by atoms with Crippen molar-refractivity contribution in [3.05, 3.63) is 52.3 Å². The second-order valence-electron chi connectivity index (χ2n) is 7.46. The fourth-order valence-corrected chi connectivity index (χ4v) is 4.39. The van der Waals surface area contributed by atoms with Gasteiger partial charge in [0.05, 0.1) is 35.2 Å². The van der Waals surface area contributed by atoms with E-state index in [2.05, 4.69) is 15.2 Å². The number of rotatable bonds is 3. The maximum Gasteiger partial charge on any atom is 0.181 e. The molecule has 28 heavy (non-hydrogen) atoms. The van der Waals surface area contributed by atoms with Gasteiger partial charge in [0.25, 0.3) is 0 Å². The van der Waals surface area contributed by atoms with Crippen LogP contribution in [0.25, 0.3) is 0 Å². The number of nitrogens with zero attached hydrogens (tertiary/aromatic N) is 4. The highest BCUT2D eigenvalue weighted by Gasteiger charge is 2.51. The number of fused-ring (bicyclic) bond motifs is 1. The Labute approximate surface area is 167 Å². The molecule has 0 amide bonds. The van der Waals surface area contributed by atoms with Crippen molar-refractivity contribution < 1.29 is 15.3 Å². The number of hydrazone groups is 1. The summed E-state index contributed by atoms with van der Waals surface area (Å²) >= 11 is 5.94. The average molecular weight is 404 g/mol. The zero-order chi connectivity index (χ0) is 20.1. The molecule has 1 fully saturated rings. The number of hydrogen-bond acceptors (Lipinski definition) is 6. The zero-order valence-corrected chi connectivity index (χ0v) is 16.0. The minimum absolute atomic E-state index is 0.346. The number of nitrogens with two attached hydrogens (primary N) is 1. The van der Waals surface area contributed by atoms with Crippen LogP contribution in [0.4, 0.5) is 0 Å². The Morgan fingerprint density at radius 3 is 2.64 bits per heavy atom. The predicted molar refractivity (Wildman–Crippen MR) is 105 cm³/mol. The van der Waals surface area contributed by atoms with Crippen molar-refractivity contribution in [1.82, 2.24) is 9.78 Å². The van der Waals surface area contributed by atoms with E-state index in [1.807, 2.05) is 0 Å². The van der Waals surface area contributed by atoms with Crippen LogP contribution in [0.1, 0.15) is 36.2 Å². The van der Waals surface area contributed by atoms with Gasteiger partial charge in [-0.2, -0.15) is 10.2 Å². The normalized spacial score (nSPS) is 30.4. The van der Waals surface area contributed by atoms with E-state index in [-0.39, 0.29) is 0 Å². The van der Waals surface area contributed by atoms with E-state index < -0.39 is 29.8 Å². The van der Waals surface area contributed by atoms with E-state index in [1.54, 1.807) is 48.3 Å². The van der Waals surface area contributed by atoms with Crippen molar-refractivity contribution in [3.8, 4) is 0 Å². The van der Waals surface area contributed by atoms with Crippen molar-refractivity contribution >= 4 is 23.7 Å². The molecule has 1 saturated carbocycles. The summed E-state index contributed by atoms with van der Waals surface area (Å²) in [7, 11) is 0. The number of aliphatic hydroxyl groups excluding tert-OH is 2. The van der Waals surface area contributed by atoms with Gasteiger partial charge in [0.15, 0.2) is 5.84 Å². The van der Waals surface area contributed by atoms with Gasteiger partial charge in [0.2, 0.25) is 0 Å². The number of aliphatic imine (C=N–C) groups is 1. The van der Waals surface area contributed by atoms with Crippen molar-refractivity contribution in [2.45, 2.75) is 43.6 Å². The van der Waals surface area contributed by atoms with Crippen LogP contribution in [0.15, 0.2) is 40.6 Å². The zero-order valence-electron chi connectivity index (χ0n) is 15.3. The van der Waals surface area contributed by atoms with Crippen LogP contribution >= 0.6 is 11.6 Å². The number of aliphatic hydroxyl groups is 3. The largest absolute Gasteiger partial charge is 0.390 e. The fraction of sp³-hybridized carbons (Fsp3) is 0.421.